The smallest absolute Gasteiger partial charge is 0.338 e. The van der Waals surface area contributed by atoms with Crippen LogP contribution in [0.5, 0.6) is 0 Å². The van der Waals surface area contributed by atoms with E-state index < -0.39 is 11.8 Å². The van der Waals surface area contributed by atoms with Gasteiger partial charge in [0.25, 0.3) is 0 Å². The summed E-state index contributed by atoms with van der Waals surface area (Å²) in [5.41, 5.74) is 0.313. The molecule has 0 aliphatic rings. The molecule has 1 N–H and O–H groups in total. The lowest BCUT2D eigenvalue weighted by molar-refractivity contribution is 0.0597. The number of carbonyl (C=O) groups is 2. The number of benzene rings is 1. The topological polar surface area (TPSA) is 72.1 Å². The Balaban J connectivity index is 2.50. The number of rotatable bonds is 3. The van der Waals surface area contributed by atoms with E-state index in [1.54, 1.807) is 0 Å². The highest BCUT2D eigenvalue weighted by atomic mass is 35.5. The Labute approximate surface area is 108 Å². The van der Waals surface area contributed by atoms with E-state index in [-0.39, 0.29) is 17.0 Å². The monoisotopic (exact) mass is 264 g/mol. The van der Waals surface area contributed by atoms with Crippen molar-refractivity contribution in [1.82, 2.24) is 9.97 Å². The summed E-state index contributed by atoms with van der Waals surface area (Å²) in [4.78, 5) is 30.3. The third-order valence-electron chi connectivity index (χ3n) is 2.34. The molecule has 0 amide bonds. The van der Waals surface area contributed by atoms with Gasteiger partial charge >= 0.3 is 5.97 Å². The van der Waals surface area contributed by atoms with E-state index in [0.717, 1.165) is 0 Å². The number of hydrogen-bond donors (Lipinski definition) is 1. The SMILES string of the molecule is COC(=O)c1cc(Cl)ccc1C(=O)c1ncc[nH]1. The third-order valence-corrected chi connectivity index (χ3v) is 2.58. The molecule has 0 saturated heterocycles. The lowest BCUT2D eigenvalue weighted by Crippen LogP contribution is -2.12. The van der Waals surface area contributed by atoms with Crippen molar-refractivity contribution in [2.75, 3.05) is 7.11 Å². The number of imidazole rings is 1. The summed E-state index contributed by atoms with van der Waals surface area (Å²) in [5, 5.41) is 0.353. The Hall–Kier alpha value is -2.14. The Morgan fingerprint density at radius 1 is 1.33 bits per heavy atom. The molecule has 5 nitrogen and oxygen atoms in total. The molecule has 18 heavy (non-hydrogen) atoms. The van der Waals surface area contributed by atoms with Gasteiger partial charge in [0.15, 0.2) is 5.82 Å². The van der Waals surface area contributed by atoms with Gasteiger partial charge in [-0.1, -0.05) is 11.6 Å². The fourth-order valence-electron chi connectivity index (χ4n) is 1.51. The average molecular weight is 265 g/mol. The lowest BCUT2D eigenvalue weighted by Gasteiger charge is -2.06. The first-order valence-corrected chi connectivity index (χ1v) is 5.43. The molecule has 0 saturated carbocycles. The van der Waals surface area contributed by atoms with Crippen LogP contribution in [0.1, 0.15) is 26.5 Å². The summed E-state index contributed by atoms with van der Waals surface area (Å²) in [6.07, 6.45) is 2.99. The van der Waals surface area contributed by atoms with Crippen molar-refractivity contribution in [3.05, 3.63) is 52.6 Å². The van der Waals surface area contributed by atoms with Crippen LogP contribution in [0, 0.1) is 0 Å². The van der Waals surface area contributed by atoms with Gasteiger partial charge in [-0.2, -0.15) is 0 Å². The Kier molecular flexibility index (Phi) is 3.43. The number of halogens is 1. The molecule has 0 aliphatic heterocycles. The van der Waals surface area contributed by atoms with Crippen molar-refractivity contribution >= 4 is 23.4 Å². The van der Waals surface area contributed by atoms with Gasteiger partial charge in [0.2, 0.25) is 5.78 Å². The standard InChI is InChI=1S/C12H9ClN2O3/c1-18-12(17)9-6-7(13)2-3-8(9)10(16)11-14-4-5-15-11/h2-6H,1H3,(H,14,15). The number of nitrogens with one attached hydrogen (secondary N) is 1. The summed E-state index contributed by atoms with van der Waals surface area (Å²) in [7, 11) is 1.24. The number of ketones is 1. The summed E-state index contributed by atoms with van der Waals surface area (Å²) >= 11 is 5.80. The normalized spacial score (nSPS) is 10.1. The number of aromatic nitrogens is 2. The fourth-order valence-corrected chi connectivity index (χ4v) is 1.68. The van der Waals surface area contributed by atoms with E-state index >= 15 is 0 Å². The molecule has 0 aliphatic carbocycles. The molecule has 0 spiro atoms. The molecule has 0 fully saturated rings. The number of aromatic amines is 1. The molecular weight excluding hydrogens is 256 g/mol. The molecule has 1 heterocycles. The maximum atomic E-state index is 12.1. The minimum atomic E-state index is -0.618. The molecule has 0 unspecified atom stereocenters. The quantitative estimate of drug-likeness (QED) is 0.680. The highest BCUT2D eigenvalue weighted by molar-refractivity contribution is 6.31. The first-order valence-electron chi connectivity index (χ1n) is 5.05. The maximum absolute atomic E-state index is 12.1. The van der Waals surface area contributed by atoms with Gasteiger partial charge in [-0.3, -0.25) is 4.79 Å². The van der Waals surface area contributed by atoms with Crippen molar-refractivity contribution in [2.24, 2.45) is 0 Å². The van der Waals surface area contributed by atoms with Gasteiger partial charge in [0.05, 0.1) is 12.7 Å². The van der Waals surface area contributed by atoms with Crippen LogP contribution in [0.2, 0.25) is 5.02 Å². The van der Waals surface area contributed by atoms with Crippen LogP contribution in [0.25, 0.3) is 0 Å². The van der Waals surface area contributed by atoms with E-state index in [1.165, 1.54) is 37.7 Å². The van der Waals surface area contributed by atoms with Crippen molar-refractivity contribution in [2.45, 2.75) is 0 Å². The number of ether oxygens (including phenoxy) is 1. The number of carbonyl (C=O) groups excluding carboxylic acids is 2. The molecule has 92 valence electrons. The number of esters is 1. The molecule has 1 aromatic heterocycles. The second kappa shape index (κ2) is 5.01. The predicted octanol–water partition coefficient (Wildman–Crippen LogP) is 2.08. The molecule has 0 bridgehead atoms. The van der Waals surface area contributed by atoms with Gasteiger partial charge in [-0.25, -0.2) is 9.78 Å². The van der Waals surface area contributed by atoms with Gasteiger partial charge < -0.3 is 9.72 Å². The molecular formula is C12H9ClN2O3. The number of hydrogen-bond acceptors (Lipinski definition) is 4. The zero-order valence-corrected chi connectivity index (χ0v) is 10.2. The highest BCUT2D eigenvalue weighted by Gasteiger charge is 2.20. The van der Waals surface area contributed by atoms with Crippen molar-refractivity contribution in [3.8, 4) is 0 Å². The number of H-pyrrole nitrogens is 1. The summed E-state index contributed by atoms with van der Waals surface area (Å²) in [5.74, 6) is -0.855. The largest absolute Gasteiger partial charge is 0.465 e. The van der Waals surface area contributed by atoms with Crippen molar-refractivity contribution < 1.29 is 14.3 Å². The van der Waals surface area contributed by atoms with Gasteiger partial charge in [-0.15, -0.1) is 0 Å². The highest BCUT2D eigenvalue weighted by Crippen LogP contribution is 2.19. The number of nitrogens with zero attached hydrogens (tertiary/aromatic N) is 1. The van der Waals surface area contributed by atoms with E-state index in [9.17, 15) is 9.59 Å². The van der Waals surface area contributed by atoms with E-state index in [4.69, 9.17) is 11.6 Å². The van der Waals surface area contributed by atoms with E-state index in [1.807, 2.05) is 0 Å². The zero-order chi connectivity index (χ0) is 13.1. The van der Waals surface area contributed by atoms with Crippen LogP contribution in [0.4, 0.5) is 0 Å². The predicted molar refractivity (Wildman–Crippen MR) is 64.8 cm³/mol. The van der Waals surface area contributed by atoms with E-state index in [0.29, 0.717) is 5.02 Å². The van der Waals surface area contributed by atoms with Crippen LogP contribution in [0.15, 0.2) is 30.6 Å². The van der Waals surface area contributed by atoms with Crippen LogP contribution < -0.4 is 0 Å². The second-order valence-electron chi connectivity index (χ2n) is 3.45. The summed E-state index contributed by atoms with van der Waals surface area (Å²) < 4.78 is 4.62. The first kappa shape index (κ1) is 12.3. The number of methoxy groups -OCH3 is 1. The third kappa shape index (κ3) is 2.26. The Morgan fingerprint density at radius 3 is 2.72 bits per heavy atom. The fraction of sp³-hybridized carbons (Fsp3) is 0.0833. The minimum Gasteiger partial charge on any atom is -0.465 e. The zero-order valence-electron chi connectivity index (χ0n) is 9.44. The van der Waals surface area contributed by atoms with Crippen LogP contribution in [-0.4, -0.2) is 28.8 Å². The molecule has 0 radical (unpaired) electrons. The Bertz CT molecular complexity index is 593. The molecule has 6 heteroatoms. The maximum Gasteiger partial charge on any atom is 0.338 e. The van der Waals surface area contributed by atoms with Gasteiger partial charge in [0.1, 0.15) is 0 Å². The van der Waals surface area contributed by atoms with Crippen LogP contribution in [0.3, 0.4) is 0 Å². The van der Waals surface area contributed by atoms with Crippen molar-refractivity contribution in [3.63, 3.8) is 0 Å². The van der Waals surface area contributed by atoms with E-state index in [2.05, 4.69) is 14.7 Å². The molecule has 1 aromatic carbocycles. The Morgan fingerprint density at radius 2 is 2.11 bits per heavy atom. The average Bonchev–Trinajstić information content (AvgIpc) is 2.90. The second-order valence-corrected chi connectivity index (χ2v) is 3.88. The summed E-state index contributed by atoms with van der Waals surface area (Å²) in [6, 6.07) is 4.40. The summed E-state index contributed by atoms with van der Waals surface area (Å²) in [6.45, 7) is 0. The molecule has 2 aromatic rings. The minimum absolute atomic E-state index is 0.117. The molecule has 2 rings (SSSR count). The van der Waals surface area contributed by atoms with Crippen LogP contribution >= 0.6 is 11.6 Å². The van der Waals surface area contributed by atoms with Crippen molar-refractivity contribution in [1.29, 1.82) is 0 Å². The first-order chi connectivity index (χ1) is 8.63. The van der Waals surface area contributed by atoms with Crippen LogP contribution in [-0.2, 0) is 4.74 Å². The lowest BCUT2D eigenvalue weighted by atomic mass is 10.0. The van der Waals surface area contributed by atoms with Gasteiger partial charge in [-0.05, 0) is 18.2 Å². The molecule has 0 atom stereocenters. The van der Waals surface area contributed by atoms with Gasteiger partial charge in [0, 0.05) is 23.0 Å².